The molecule has 4 amide bonds. The molecule has 0 radical (unpaired) electrons. The Bertz CT molecular complexity index is 1240. The Hall–Kier alpha value is -3.31. The third-order valence-corrected chi connectivity index (χ3v) is 8.61. The van der Waals surface area contributed by atoms with Crippen LogP contribution in [0.3, 0.4) is 0 Å². The Labute approximate surface area is 252 Å². The summed E-state index contributed by atoms with van der Waals surface area (Å²) < 4.78 is 0. The van der Waals surface area contributed by atoms with Crippen LogP contribution in [0.15, 0.2) is 29.8 Å². The van der Waals surface area contributed by atoms with Crippen LogP contribution in [0.4, 0.5) is 0 Å². The number of amides is 4. The smallest absolute Gasteiger partial charge is 0.246 e. The summed E-state index contributed by atoms with van der Waals surface area (Å²) in [5.74, 6) is -1.30. The maximum Gasteiger partial charge on any atom is 0.246 e. The van der Waals surface area contributed by atoms with Gasteiger partial charge in [-0.3, -0.25) is 19.2 Å². The molecular weight excluding hydrogens is 554 g/mol. The van der Waals surface area contributed by atoms with E-state index >= 15 is 0 Å². The van der Waals surface area contributed by atoms with Crippen molar-refractivity contribution in [3.05, 3.63) is 41.0 Å². The molecule has 0 spiro atoms. The molecule has 0 unspecified atom stereocenters. The van der Waals surface area contributed by atoms with Crippen molar-refractivity contribution in [2.24, 2.45) is 11.1 Å². The van der Waals surface area contributed by atoms with Gasteiger partial charge in [-0.15, -0.1) is 11.3 Å². The molecule has 230 valence electrons. The van der Waals surface area contributed by atoms with Gasteiger partial charge in [0.25, 0.3) is 0 Å². The number of likely N-dealkylation sites (tertiary alicyclic amines) is 1. The number of nitrogens with zero attached hydrogens (tertiary/aromatic N) is 2. The maximum absolute atomic E-state index is 13.8. The van der Waals surface area contributed by atoms with E-state index in [2.05, 4.69) is 15.6 Å². The highest BCUT2D eigenvalue weighted by Crippen LogP contribution is 2.29. The van der Waals surface area contributed by atoms with Crippen molar-refractivity contribution in [2.75, 3.05) is 6.54 Å². The number of carbonyl (C=O) groups excluding carboxylic acids is 4. The number of rotatable bonds is 13. The van der Waals surface area contributed by atoms with Gasteiger partial charge in [0.1, 0.15) is 12.1 Å². The minimum atomic E-state index is -0.861. The van der Waals surface area contributed by atoms with Gasteiger partial charge in [-0.2, -0.15) is 0 Å². The minimum Gasteiger partial charge on any atom is -0.391 e. The predicted octanol–water partition coefficient (Wildman–Crippen LogP) is 3.61. The van der Waals surface area contributed by atoms with E-state index in [0.29, 0.717) is 19.3 Å². The molecule has 2 heterocycles. The number of aliphatic hydroxyl groups excluding tert-OH is 1. The van der Waals surface area contributed by atoms with Crippen LogP contribution in [0.1, 0.15) is 89.9 Å². The Kier molecular flexibility index (Phi) is 11.6. The maximum atomic E-state index is 13.8. The van der Waals surface area contributed by atoms with Crippen LogP contribution in [0, 0.1) is 12.3 Å². The second kappa shape index (κ2) is 14.7. The number of hydrogen-bond acceptors (Lipinski definition) is 7. The van der Waals surface area contributed by atoms with Gasteiger partial charge in [0.2, 0.25) is 23.6 Å². The van der Waals surface area contributed by atoms with Gasteiger partial charge in [-0.1, -0.05) is 57.9 Å². The van der Waals surface area contributed by atoms with Crippen LogP contribution >= 0.6 is 11.3 Å². The van der Waals surface area contributed by atoms with E-state index in [1.807, 2.05) is 64.4 Å². The first-order valence-corrected chi connectivity index (χ1v) is 15.5. The Balaban J connectivity index is 1.62. The number of primary amides is 1. The van der Waals surface area contributed by atoms with E-state index in [0.717, 1.165) is 34.5 Å². The molecular formula is C31H45N5O5S. The Morgan fingerprint density at radius 1 is 1.07 bits per heavy atom. The summed E-state index contributed by atoms with van der Waals surface area (Å²) in [4.78, 5) is 57.6. The normalized spacial score (nSPS) is 18.4. The molecule has 1 aromatic heterocycles. The van der Waals surface area contributed by atoms with Crippen molar-refractivity contribution >= 4 is 35.0 Å². The molecule has 0 aliphatic carbocycles. The summed E-state index contributed by atoms with van der Waals surface area (Å²) in [6.45, 7) is 9.46. The Morgan fingerprint density at radius 3 is 2.29 bits per heavy atom. The van der Waals surface area contributed by atoms with Crippen molar-refractivity contribution in [3.63, 3.8) is 0 Å². The SMILES string of the molecule is Cc1ncsc1-c1ccc([C@H](C)NC(=O)[C@@H]2C[C@@H](O)CN2C(=O)[C@@H](NC(=O)CCCCCCC(N)=O)C(C)(C)C)cc1. The lowest BCUT2D eigenvalue weighted by atomic mass is 9.85. The summed E-state index contributed by atoms with van der Waals surface area (Å²) in [7, 11) is 0. The van der Waals surface area contributed by atoms with Crippen molar-refractivity contribution < 1.29 is 24.3 Å². The number of β-amino-alcohol motifs (C(OH)–C–C–N with tert-alkyl or cyclic N) is 1. The van der Waals surface area contributed by atoms with Gasteiger partial charge in [-0.05, 0) is 43.2 Å². The number of aryl methyl sites for hydroxylation is 1. The fraction of sp³-hybridized carbons (Fsp3) is 0.581. The van der Waals surface area contributed by atoms with Crippen molar-refractivity contribution in [1.82, 2.24) is 20.5 Å². The van der Waals surface area contributed by atoms with E-state index in [-0.39, 0.29) is 49.1 Å². The third kappa shape index (κ3) is 9.09. The Morgan fingerprint density at radius 2 is 1.71 bits per heavy atom. The zero-order valence-electron chi connectivity index (χ0n) is 25.3. The van der Waals surface area contributed by atoms with Crippen LogP contribution in [-0.2, 0) is 19.2 Å². The van der Waals surface area contributed by atoms with E-state index in [4.69, 9.17) is 5.73 Å². The zero-order chi connectivity index (χ0) is 31.0. The number of unbranched alkanes of at least 4 members (excludes halogenated alkanes) is 3. The summed E-state index contributed by atoms with van der Waals surface area (Å²) in [5.41, 5.74) is 9.31. The second-order valence-corrected chi connectivity index (χ2v) is 13.1. The molecule has 0 saturated carbocycles. The summed E-state index contributed by atoms with van der Waals surface area (Å²) in [5, 5.41) is 16.3. The summed E-state index contributed by atoms with van der Waals surface area (Å²) >= 11 is 1.58. The fourth-order valence-electron chi connectivity index (χ4n) is 5.19. The lowest BCUT2D eigenvalue weighted by Gasteiger charge is -2.35. The number of carbonyl (C=O) groups is 4. The predicted molar refractivity (Wildman–Crippen MR) is 163 cm³/mol. The quantitative estimate of drug-likeness (QED) is 0.258. The highest BCUT2D eigenvalue weighted by Gasteiger charge is 2.44. The van der Waals surface area contributed by atoms with Crippen LogP contribution in [0.25, 0.3) is 10.4 Å². The molecule has 42 heavy (non-hydrogen) atoms. The van der Waals surface area contributed by atoms with Gasteiger partial charge in [0.05, 0.1) is 28.2 Å². The van der Waals surface area contributed by atoms with E-state index in [1.165, 1.54) is 4.90 Å². The summed E-state index contributed by atoms with van der Waals surface area (Å²) in [6, 6.07) is 5.92. The standard InChI is InChI=1S/C31H45N5O5S/c1-19(21-12-14-22(15-13-21)27-20(2)33-18-42-27)34-29(40)24-16-23(37)17-36(24)30(41)28(31(3,4)5)35-26(39)11-9-7-6-8-10-25(32)38/h12-15,18-19,23-24,28,37H,6-11,16-17H2,1-5H3,(H2,32,38)(H,34,40)(H,35,39)/t19-,23+,24-,28+/m0/s1. The molecule has 1 aromatic carbocycles. The van der Waals surface area contributed by atoms with Crippen LogP contribution < -0.4 is 16.4 Å². The van der Waals surface area contributed by atoms with Gasteiger partial charge in [0.15, 0.2) is 0 Å². The average Bonchev–Trinajstić information content (AvgIpc) is 3.53. The average molecular weight is 600 g/mol. The molecule has 5 N–H and O–H groups in total. The number of nitrogens with two attached hydrogens (primary N) is 1. The first-order chi connectivity index (χ1) is 19.8. The number of benzene rings is 1. The fourth-order valence-corrected chi connectivity index (χ4v) is 6.00. The first kappa shape index (κ1) is 33.2. The molecule has 0 bridgehead atoms. The third-order valence-electron chi connectivity index (χ3n) is 7.64. The van der Waals surface area contributed by atoms with E-state index in [9.17, 15) is 24.3 Å². The van der Waals surface area contributed by atoms with Crippen LogP contribution in [0.5, 0.6) is 0 Å². The van der Waals surface area contributed by atoms with E-state index < -0.39 is 23.6 Å². The number of hydrogen-bond donors (Lipinski definition) is 4. The molecule has 1 saturated heterocycles. The molecule has 3 rings (SSSR count). The van der Waals surface area contributed by atoms with Gasteiger partial charge < -0.3 is 26.4 Å². The largest absolute Gasteiger partial charge is 0.391 e. The molecule has 1 fully saturated rings. The topological polar surface area (TPSA) is 155 Å². The van der Waals surface area contributed by atoms with Crippen LogP contribution in [-0.4, -0.2) is 63.4 Å². The monoisotopic (exact) mass is 599 g/mol. The molecule has 1 aliphatic heterocycles. The molecule has 4 atom stereocenters. The number of aliphatic hydroxyl groups is 1. The number of nitrogens with one attached hydrogen (secondary N) is 2. The minimum absolute atomic E-state index is 0.0243. The second-order valence-electron chi connectivity index (χ2n) is 12.3. The summed E-state index contributed by atoms with van der Waals surface area (Å²) in [6.07, 6.45) is 2.78. The van der Waals surface area contributed by atoms with Crippen molar-refractivity contribution in [3.8, 4) is 10.4 Å². The van der Waals surface area contributed by atoms with Gasteiger partial charge in [0, 0.05) is 25.8 Å². The van der Waals surface area contributed by atoms with E-state index in [1.54, 1.807) is 11.3 Å². The first-order valence-electron chi connectivity index (χ1n) is 14.6. The number of thiazole rings is 1. The lowest BCUT2D eigenvalue weighted by molar-refractivity contribution is -0.144. The lowest BCUT2D eigenvalue weighted by Crippen LogP contribution is -2.57. The number of aromatic nitrogens is 1. The van der Waals surface area contributed by atoms with Gasteiger partial charge >= 0.3 is 0 Å². The molecule has 11 heteroatoms. The van der Waals surface area contributed by atoms with Crippen molar-refractivity contribution in [1.29, 1.82) is 0 Å². The zero-order valence-corrected chi connectivity index (χ0v) is 26.1. The molecule has 2 aromatic rings. The highest BCUT2D eigenvalue weighted by atomic mass is 32.1. The highest BCUT2D eigenvalue weighted by molar-refractivity contribution is 7.13. The molecule has 1 aliphatic rings. The van der Waals surface area contributed by atoms with Crippen LogP contribution in [0.2, 0.25) is 0 Å². The molecule has 10 nitrogen and oxygen atoms in total. The van der Waals surface area contributed by atoms with Crippen molar-refractivity contribution in [2.45, 2.75) is 104 Å². The van der Waals surface area contributed by atoms with Gasteiger partial charge in [-0.25, -0.2) is 4.98 Å².